The zero-order chi connectivity index (χ0) is 19.1. The highest BCUT2D eigenvalue weighted by Crippen LogP contribution is 2.14. The van der Waals surface area contributed by atoms with Crippen LogP contribution in [0.3, 0.4) is 0 Å². The van der Waals surface area contributed by atoms with E-state index in [1.54, 1.807) is 6.92 Å². The summed E-state index contributed by atoms with van der Waals surface area (Å²) in [5, 5.41) is 14.4. The number of pyridine rings is 1. The van der Waals surface area contributed by atoms with Gasteiger partial charge in [0.1, 0.15) is 5.56 Å². The molecule has 9 heteroatoms. The zero-order valence-corrected chi connectivity index (χ0v) is 14.7. The van der Waals surface area contributed by atoms with Crippen LogP contribution in [0.1, 0.15) is 49.0 Å². The van der Waals surface area contributed by atoms with Crippen molar-refractivity contribution in [2.45, 2.75) is 39.7 Å². The summed E-state index contributed by atoms with van der Waals surface area (Å²) < 4.78 is 1.09. The molecule has 0 aromatic carbocycles. The van der Waals surface area contributed by atoms with Crippen molar-refractivity contribution >= 4 is 11.6 Å². The Hall–Kier alpha value is -3.23. The summed E-state index contributed by atoms with van der Waals surface area (Å²) in [6.07, 6.45) is 4.69. The number of aromatic hydroxyl groups is 1. The number of carbonyl (C=O) groups is 1. The Labute approximate surface area is 149 Å². The molecule has 0 saturated heterocycles. The van der Waals surface area contributed by atoms with Crippen LogP contribution >= 0.6 is 0 Å². The van der Waals surface area contributed by atoms with E-state index < -0.39 is 23.0 Å². The molecule has 0 aliphatic rings. The molecule has 2 aromatic rings. The van der Waals surface area contributed by atoms with Gasteiger partial charge in [-0.2, -0.15) is 5.10 Å². The summed E-state index contributed by atoms with van der Waals surface area (Å²) >= 11 is 0. The first kappa shape index (κ1) is 19.1. The number of rotatable bonds is 7. The maximum absolute atomic E-state index is 12.2. The third-order valence-electron chi connectivity index (χ3n) is 3.77. The number of nitrogens with zero attached hydrogens (tertiary/aromatic N) is 3. The molecular formula is C17H21N5O4. The molecule has 0 saturated carbocycles. The fourth-order valence-electron chi connectivity index (χ4n) is 2.34. The van der Waals surface area contributed by atoms with E-state index in [4.69, 9.17) is 0 Å². The summed E-state index contributed by atoms with van der Waals surface area (Å²) in [4.78, 5) is 42.2. The lowest BCUT2D eigenvalue weighted by molar-refractivity contribution is 0.0954. The molecule has 138 valence electrons. The van der Waals surface area contributed by atoms with Crippen molar-refractivity contribution < 1.29 is 9.90 Å². The first-order valence-electron chi connectivity index (χ1n) is 8.32. The number of unbranched alkanes of at least 4 members (excludes halogenated alkanes) is 1. The number of hydrogen-bond donors (Lipinski definition) is 3. The second-order valence-electron chi connectivity index (χ2n) is 5.55. The predicted octanol–water partition coefficient (Wildman–Crippen LogP) is 0.981. The zero-order valence-electron chi connectivity index (χ0n) is 14.7. The monoisotopic (exact) mass is 359 g/mol. The fraction of sp³-hybridized carbons (Fsp3) is 0.353. The Kier molecular flexibility index (Phi) is 6.42. The normalized spacial score (nSPS) is 11.4. The molecule has 2 rings (SSSR count). The van der Waals surface area contributed by atoms with Crippen LogP contribution < -0.4 is 16.7 Å². The van der Waals surface area contributed by atoms with E-state index in [0.717, 1.165) is 11.0 Å². The maximum Gasteiger partial charge on any atom is 0.331 e. The summed E-state index contributed by atoms with van der Waals surface area (Å²) in [6.45, 7) is 3.94. The van der Waals surface area contributed by atoms with Crippen LogP contribution in [0.4, 0.5) is 0 Å². The first-order valence-corrected chi connectivity index (χ1v) is 8.32. The Morgan fingerprint density at radius 2 is 2.00 bits per heavy atom. The van der Waals surface area contributed by atoms with Crippen molar-refractivity contribution in [2.24, 2.45) is 5.10 Å². The Balaban J connectivity index is 2.39. The topological polar surface area (TPSA) is 129 Å². The van der Waals surface area contributed by atoms with Crippen LogP contribution in [-0.4, -0.2) is 31.3 Å². The molecule has 0 fully saturated rings. The minimum atomic E-state index is -0.751. The fourth-order valence-corrected chi connectivity index (χ4v) is 2.34. The van der Waals surface area contributed by atoms with Gasteiger partial charge >= 0.3 is 5.69 Å². The number of aromatic amines is 1. The van der Waals surface area contributed by atoms with Gasteiger partial charge in [-0.25, -0.2) is 10.2 Å². The number of amides is 1. The van der Waals surface area contributed by atoms with Crippen molar-refractivity contribution in [1.82, 2.24) is 20.0 Å². The SMILES string of the molecule is CCCCn1c(O)c(C(CC)=NNC(=O)c2ccncc2)c(=O)[nH]c1=O. The molecule has 0 atom stereocenters. The van der Waals surface area contributed by atoms with Gasteiger partial charge < -0.3 is 5.11 Å². The van der Waals surface area contributed by atoms with E-state index in [-0.39, 0.29) is 24.2 Å². The lowest BCUT2D eigenvalue weighted by atomic mass is 10.1. The number of H-pyrrole nitrogens is 1. The van der Waals surface area contributed by atoms with Gasteiger partial charge in [0.15, 0.2) is 0 Å². The second-order valence-corrected chi connectivity index (χ2v) is 5.55. The van der Waals surface area contributed by atoms with Gasteiger partial charge in [-0.05, 0) is 25.0 Å². The molecule has 0 aliphatic carbocycles. The largest absolute Gasteiger partial charge is 0.494 e. The molecule has 0 radical (unpaired) electrons. The van der Waals surface area contributed by atoms with E-state index in [0.29, 0.717) is 12.0 Å². The lowest BCUT2D eigenvalue weighted by Crippen LogP contribution is -2.34. The van der Waals surface area contributed by atoms with Gasteiger partial charge in [-0.15, -0.1) is 0 Å². The van der Waals surface area contributed by atoms with E-state index in [2.05, 4.69) is 20.5 Å². The molecular weight excluding hydrogens is 338 g/mol. The Morgan fingerprint density at radius 3 is 2.62 bits per heavy atom. The maximum atomic E-state index is 12.2. The summed E-state index contributed by atoms with van der Waals surface area (Å²) in [5.74, 6) is -0.931. The van der Waals surface area contributed by atoms with Crippen molar-refractivity contribution in [3.63, 3.8) is 0 Å². The van der Waals surface area contributed by atoms with E-state index >= 15 is 0 Å². The van der Waals surface area contributed by atoms with Crippen LogP contribution in [0.2, 0.25) is 0 Å². The molecule has 0 unspecified atom stereocenters. The van der Waals surface area contributed by atoms with E-state index in [9.17, 15) is 19.5 Å². The van der Waals surface area contributed by atoms with Gasteiger partial charge in [0, 0.05) is 24.5 Å². The number of carbonyl (C=O) groups excluding carboxylic acids is 1. The standard InChI is InChI=1S/C17H21N5O4/c1-3-5-10-22-16(25)13(15(24)19-17(22)26)12(4-2)20-21-14(23)11-6-8-18-9-7-11/h6-9,25H,3-5,10H2,1-2H3,(H,21,23)(H,19,24,26). The molecule has 2 heterocycles. The van der Waals surface area contributed by atoms with Crippen LogP contribution in [-0.2, 0) is 6.54 Å². The Morgan fingerprint density at radius 1 is 1.31 bits per heavy atom. The van der Waals surface area contributed by atoms with Crippen LogP contribution in [0.5, 0.6) is 5.88 Å². The minimum Gasteiger partial charge on any atom is -0.494 e. The van der Waals surface area contributed by atoms with Gasteiger partial charge in [0.2, 0.25) is 5.88 Å². The highest BCUT2D eigenvalue weighted by Gasteiger charge is 2.18. The van der Waals surface area contributed by atoms with Crippen LogP contribution in [0.25, 0.3) is 0 Å². The second kappa shape index (κ2) is 8.75. The smallest absolute Gasteiger partial charge is 0.331 e. The predicted molar refractivity (Wildman–Crippen MR) is 96.4 cm³/mol. The number of hydrogen-bond acceptors (Lipinski definition) is 6. The van der Waals surface area contributed by atoms with E-state index in [1.807, 2.05) is 6.92 Å². The van der Waals surface area contributed by atoms with Gasteiger partial charge in [0.25, 0.3) is 11.5 Å². The van der Waals surface area contributed by atoms with Crippen molar-refractivity contribution in [2.75, 3.05) is 0 Å². The van der Waals surface area contributed by atoms with Crippen LogP contribution in [0.15, 0.2) is 39.2 Å². The van der Waals surface area contributed by atoms with Gasteiger partial charge in [0.05, 0.1) is 5.71 Å². The lowest BCUT2D eigenvalue weighted by Gasteiger charge is -2.12. The molecule has 2 aromatic heterocycles. The Bertz CT molecular complexity index is 915. The average Bonchev–Trinajstić information content (AvgIpc) is 2.64. The summed E-state index contributed by atoms with van der Waals surface area (Å²) in [6, 6.07) is 3.04. The first-order chi connectivity index (χ1) is 12.5. The molecule has 0 spiro atoms. The highest BCUT2D eigenvalue weighted by molar-refractivity contribution is 6.03. The quantitative estimate of drug-likeness (QED) is 0.501. The number of nitrogens with one attached hydrogen (secondary N) is 2. The minimum absolute atomic E-state index is 0.127. The van der Waals surface area contributed by atoms with Crippen molar-refractivity contribution in [3.8, 4) is 5.88 Å². The van der Waals surface area contributed by atoms with Crippen molar-refractivity contribution in [3.05, 3.63) is 56.5 Å². The average molecular weight is 359 g/mol. The molecule has 0 bridgehead atoms. The number of aromatic nitrogens is 3. The van der Waals surface area contributed by atoms with Gasteiger partial charge in [-0.3, -0.25) is 24.1 Å². The highest BCUT2D eigenvalue weighted by atomic mass is 16.3. The molecule has 26 heavy (non-hydrogen) atoms. The third kappa shape index (κ3) is 4.24. The third-order valence-corrected chi connectivity index (χ3v) is 3.77. The number of hydrazone groups is 1. The van der Waals surface area contributed by atoms with E-state index in [1.165, 1.54) is 24.5 Å². The van der Waals surface area contributed by atoms with Crippen LogP contribution in [0, 0.1) is 0 Å². The van der Waals surface area contributed by atoms with Crippen molar-refractivity contribution in [1.29, 1.82) is 0 Å². The molecule has 1 amide bonds. The molecule has 3 N–H and O–H groups in total. The summed E-state index contributed by atoms with van der Waals surface area (Å²) in [5.41, 5.74) is 1.31. The van der Waals surface area contributed by atoms with Gasteiger partial charge in [-0.1, -0.05) is 20.3 Å². The molecule has 0 aliphatic heterocycles. The molecule has 9 nitrogen and oxygen atoms in total. The summed E-state index contributed by atoms with van der Waals surface area (Å²) in [7, 11) is 0.